The lowest BCUT2D eigenvalue weighted by Crippen LogP contribution is -2.32. The van der Waals surface area contributed by atoms with Crippen molar-refractivity contribution in [3.05, 3.63) is 15.9 Å². The summed E-state index contributed by atoms with van der Waals surface area (Å²) in [6.45, 7) is 3.77. The third kappa shape index (κ3) is 2.41. The van der Waals surface area contributed by atoms with Crippen molar-refractivity contribution < 1.29 is 4.79 Å². The van der Waals surface area contributed by atoms with Gasteiger partial charge >= 0.3 is 0 Å². The summed E-state index contributed by atoms with van der Waals surface area (Å²) >= 11 is 5.00. The molecule has 3 nitrogen and oxygen atoms in total. The molecule has 1 unspecified atom stereocenters. The lowest BCUT2D eigenvalue weighted by Gasteiger charge is -2.14. The molecule has 0 bridgehead atoms. The van der Waals surface area contributed by atoms with E-state index in [1.807, 2.05) is 16.3 Å². The van der Waals surface area contributed by atoms with E-state index in [1.54, 1.807) is 11.3 Å². The van der Waals surface area contributed by atoms with Crippen LogP contribution in [-0.4, -0.2) is 25.0 Å². The normalized spacial score (nSPS) is 21.3. The highest BCUT2D eigenvalue weighted by molar-refractivity contribution is 9.10. The molecule has 1 aliphatic rings. The first-order valence-electron chi connectivity index (χ1n) is 4.98. The van der Waals surface area contributed by atoms with E-state index in [4.69, 9.17) is 0 Å². The Morgan fingerprint density at radius 1 is 1.73 bits per heavy atom. The summed E-state index contributed by atoms with van der Waals surface area (Å²) in [5, 5.41) is 6.35. The fraction of sp³-hybridized carbons (Fsp3) is 0.500. The zero-order chi connectivity index (χ0) is 10.8. The second kappa shape index (κ2) is 4.63. The Morgan fingerprint density at radius 3 is 3.13 bits per heavy atom. The molecule has 0 radical (unpaired) electrons. The Kier molecular flexibility index (Phi) is 3.43. The Hall–Kier alpha value is -0.390. The van der Waals surface area contributed by atoms with Crippen molar-refractivity contribution in [2.45, 2.75) is 19.4 Å². The van der Waals surface area contributed by atoms with Gasteiger partial charge < -0.3 is 10.2 Å². The molecular formula is C10H13BrN2OS. The SMILES string of the molecule is CCNC1CC(=O)N(c2cc(Br)cs2)C1. The zero-order valence-electron chi connectivity index (χ0n) is 8.50. The predicted octanol–water partition coefficient (Wildman–Crippen LogP) is 2.23. The average Bonchev–Trinajstić information content (AvgIpc) is 2.73. The van der Waals surface area contributed by atoms with E-state index in [9.17, 15) is 4.79 Å². The lowest BCUT2D eigenvalue weighted by atomic mass is 10.2. The van der Waals surface area contributed by atoms with Crippen LogP contribution in [0.1, 0.15) is 13.3 Å². The average molecular weight is 289 g/mol. The zero-order valence-corrected chi connectivity index (χ0v) is 10.9. The van der Waals surface area contributed by atoms with Crippen molar-refractivity contribution in [1.82, 2.24) is 5.32 Å². The summed E-state index contributed by atoms with van der Waals surface area (Å²) < 4.78 is 1.04. The molecule has 2 heterocycles. The van der Waals surface area contributed by atoms with E-state index in [2.05, 4.69) is 28.2 Å². The fourth-order valence-corrected chi connectivity index (χ4v) is 3.24. The Morgan fingerprint density at radius 2 is 2.53 bits per heavy atom. The molecule has 0 aromatic carbocycles. The topological polar surface area (TPSA) is 32.3 Å². The molecule has 1 N–H and O–H groups in total. The van der Waals surface area contributed by atoms with Gasteiger partial charge in [-0.2, -0.15) is 0 Å². The van der Waals surface area contributed by atoms with Gasteiger partial charge in [-0.1, -0.05) is 6.92 Å². The molecule has 1 fully saturated rings. The van der Waals surface area contributed by atoms with E-state index >= 15 is 0 Å². The van der Waals surface area contributed by atoms with Crippen LogP contribution >= 0.6 is 27.3 Å². The molecule has 1 saturated heterocycles. The fourth-order valence-electron chi connectivity index (χ4n) is 1.79. The molecule has 1 aromatic rings. The van der Waals surface area contributed by atoms with E-state index < -0.39 is 0 Å². The highest BCUT2D eigenvalue weighted by Gasteiger charge is 2.30. The van der Waals surface area contributed by atoms with E-state index in [0.717, 1.165) is 22.6 Å². The molecule has 82 valence electrons. The Labute approximate surface area is 102 Å². The van der Waals surface area contributed by atoms with E-state index in [-0.39, 0.29) is 5.91 Å². The summed E-state index contributed by atoms with van der Waals surface area (Å²) in [4.78, 5) is 13.6. The lowest BCUT2D eigenvalue weighted by molar-refractivity contribution is -0.117. The summed E-state index contributed by atoms with van der Waals surface area (Å²) in [6.07, 6.45) is 0.614. The van der Waals surface area contributed by atoms with Gasteiger partial charge in [0, 0.05) is 28.9 Å². The number of nitrogens with zero attached hydrogens (tertiary/aromatic N) is 1. The van der Waals surface area contributed by atoms with Crippen molar-refractivity contribution in [3.63, 3.8) is 0 Å². The number of hydrogen-bond acceptors (Lipinski definition) is 3. The minimum Gasteiger partial charge on any atom is -0.312 e. The highest BCUT2D eigenvalue weighted by atomic mass is 79.9. The Balaban J connectivity index is 2.08. The Bertz CT molecular complexity index is 366. The van der Waals surface area contributed by atoms with E-state index in [0.29, 0.717) is 12.5 Å². The number of likely N-dealkylation sites (N-methyl/N-ethyl adjacent to an activating group) is 1. The van der Waals surface area contributed by atoms with Gasteiger partial charge in [0.25, 0.3) is 0 Å². The largest absolute Gasteiger partial charge is 0.312 e. The predicted molar refractivity (Wildman–Crippen MR) is 66.5 cm³/mol. The quantitative estimate of drug-likeness (QED) is 0.925. The monoisotopic (exact) mass is 288 g/mol. The van der Waals surface area contributed by atoms with Crippen LogP contribution in [0.15, 0.2) is 15.9 Å². The maximum absolute atomic E-state index is 11.7. The molecule has 0 spiro atoms. The van der Waals surface area contributed by atoms with Crippen LogP contribution in [0.3, 0.4) is 0 Å². The molecule has 2 rings (SSSR count). The van der Waals surface area contributed by atoms with E-state index in [1.165, 1.54) is 0 Å². The van der Waals surface area contributed by atoms with Crippen molar-refractivity contribution in [2.75, 3.05) is 18.0 Å². The maximum Gasteiger partial charge on any atom is 0.229 e. The van der Waals surface area contributed by atoms with Crippen molar-refractivity contribution in [3.8, 4) is 0 Å². The first-order valence-corrected chi connectivity index (χ1v) is 6.65. The summed E-state index contributed by atoms with van der Waals surface area (Å²) in [6, 6.07) is 2.31. The van der Waals surface area contributed by atoms with Gasteiger partial charge in [-0.15, -0.1) is 11.3 Å². The highest BCUT2D eigenvalue weighted by Crippen LogP contribution is 2.31. The number of hydrogen-bond donors (Lipinski definition) is 1. The number of anilines is 1. The minimum absolute atomic E-state index is 0.218. The van der Waals surface area contributed by atoms with Gasteiger partial charge in [0.2, 0.25) is 5.91 Å². The summed E-state index contributed by atoms with van der Waals surface area (Å²) in [5.41, 5.74) is 0. The molecule has 0 aliphatic carbocycles. The van der Waals surface area contributed by atoms with Crippen molar-refractivity contribution >= 4 is 38.2 Å². The van der Waals surface area contributed by atoms with Crippen molar-refractivity contribution in [2.24, 2.45) is 0 Å². The second-order valence-corrected chi connectivity index (χ2v) is 5.37. The number of rotatable bonds is 3. The van der Waals surface area contributed by atoms with Gasteiger partial charge in [0.15, 0.2) is 0 Å². The first kappa shape index (κ1) is 11.1. The third-order valence-corrected chi connectivity index (χ3v) is 4.15. The third-order valence-electron chi connectivity index (χ3n) is 2.44. The van der Waals surface area contributed by atoms with Crippen LogP contribution in [0, 0.1) is 0 Å². The number of carbonyl (C=O) groups is 1. The molecule has 1 atom stereocenters. The molecule has 1 aliphatic heterocycles. The standard InChI is InChI=1S/C10H13BrN2OS/c1-2-12-8-4-9(14)13(5-8)10-3-7(11)6-15-10/h3,6,8,12H,2,4-5H2,1H3. The van der Waals surface area contributed by atoms with Crippen LogP contribution in [0.4, 0.5) is 5.00 Å². The second-order valence-electron chi connectivity index (χ2n) is 3.57. The first-order chi connectivity index (χ1) is 7.20. The van der Waals surface area contributed by atoms with Crippen LogP contribution < -0.4 is 10.2 Å². The number of thiophene rings is 1. The molecule has 1 amide bonds. The van der Waals surface area contributed by atoms with Gasteiger partial charge in [-0.25, -0.2) is 0 Å². The minimum atomic E-state index is 0.218. The smallest absolute Gasteiger partial charge is 0.229 e. The summed E-state index contributed by atoms with van der Waals surface area (Å²) in [5.74, 6) is 0.218. The molecule has 15 heavy (non-hydrogen) atoms. The molecule has 1 aromatic heterocycles. The number of halogens is 1. The van der Waals surface area contributed by atoms with Crippen molar-refractivity contribution in [1.29, 1.82) is 0 Å². The molecule has 5 heteroatoms. The number of amides is 1. The van der Waals surface area contributed by atoms with Crippen LogP contribution in [0.25, 0.3) is 0 Å². The maximum atomic E-state index is 11.7. The van der Waals surface area contributed by atoms with Gasteiger partial charge in [-0.05, 0) is 28.5 Å². The molecular weight excluding hydrogens is 276 g/mol. The molecule has 0 saturated carbocycles. The van der Waals surface area contributed by atoms with Crippen LogP contribution in [0.5, 0.6) is 0 Å². The van der Waals surface area contributed by atoms with Gasteiger partial charge in [0.05, 0.1) is 5.00 Å². The van der Waals surface area contributed by atoms with Crippen LogP contribution in [-0.2, 0) is 4.79 Å². The summed E-state index contributed by atoms with van der Waals surface area (Å²) in [7, 11) is 0. The number of nitrogens with one attached hydrogen (secondary N) is 1. The number of carbonyl (C=O) groups excluding carboxylic acids is 1. The van der Waals surface area contributed by atoms with Gasteiger partial charge in [0.1, 0.15) is 0 Å². The van der Waals surface area contributed by atoms with Crippen LogP contribution in [0.2, 0.25) is 0 Å². The van der Waals surface area contributed by atoms with Gasteiger partial charge in [-0.3, -0.25) is 4.79 Å².